The Morgan fingerprint density at radius 3 is 2.65 bits per heavy atom. The summed E-state index contributed by atoms with van der Waals surface area (Å²) >= 11 is 0. The molecule has 0 bridgehead atoms. The highest BCUT2D eigenvalue weighted by atomic mass is 19.3. The van der Waals surface area contributed by atoms with Gasteiger partial charge in [0.2, 0.25) is 0 Å². The molecule has 0 amide bonds. The van der Waals surface area contributed by atoms with Crippen molar-refractivity contribution in [1.29, 1.82) is 0 Å². The van der Waals surface area contributed by atoms with Crippen LogP contribution in [0, 0.1) is 0 Å². The zero-order valence-corrected chi connectivity index (χ0v) is 9.49. The van der Waals surface area contributed by atoms with E-state index in [2.05, 4.69) is 4.74 Å². The van der Waals surface area contributed by atoms with E-state index in [4.69, 9.17) is 4.74 Å². The number of halogens is 2. The predicted octanol–water partition coefficient (Wildman–Crippen LogP) is 2.55. The Bertz CT molecular complexity index is 367. The van der Waals surface area contributed by atoms with E-state index >= 15 is 0 Å². The van der Waals surface area contributed by atoms with Gasteiger partial charge < -0.3 is 9.47 Å². The van der Waals surface area contributed by atoms with E-state index in [-0.39, 0.29) is 19.0 Å². The van der Waals surface area contributed by atoms with Crippen LogP contribution in [0.15, 0.2) is 24.3 Å². The molecular weight excluding hydrogens is 230 g/mol. The molecule has 0 spiro atoms. The van der Waals surface area contributed by atoms with Gasteiger partial charge in [-0.3, -0.25) is 4.79 Å². The van der Waals surface area contributed by atoms with Crippen molar-refractivity contribution in [2.24, 2.45) is 0 Å². The minimum absolute atomic E-state index is 0.0661. The second-order valence-electron chi connectivity index (χ2n) is 3.37. The molecule has 0 saturated carbocycles. The number of benzene rings is 1. The number of rotatable bonds is 7. The van der Waals surface area contributed by atoms with Crippen LogP contribution < -0.4 is 4.74 Å². The molecule has 5 heteroatoms. The van der Waals surface area contributed by atoms with Gasteiger partial charge in [0, 0.05) is 0 Å². The van der Waals surface area contributed by atoms with Crippen molar-refractivity contribution in [3.63, 3.8) is 0 Å². The fourth-order valence-electron chi connectivity index (χ4n) is 1.27. The summed E-state index contributed by atoms with van der Waals surface area (Å²) in [6.07, 6.45) is -2.47. The summed E-state index contributed by atoms with van der Waals surface area (Å²) in [4.78, 5) is 11.2. The van der Waals surface area contributed by atoms with Crippen molar-refractivity contribution in [2.75, 3.05) is 19.8 Å². The number of alkyl halides is 2. The van der Waals surface area contributed by atoms with Gasteiger partial charge in [0.05, 0.1) is 12.2 Å². The van der Waals surface area contributed by atoms with E-state index in [1.165, 1.54) is 6.92 Å². The van der Waals surface area contributed by atoms with Crippen LogP contribution in [0.5, 0.6) is 5.75 Å². The van der Waals surface area contributed by atoms with Gasteiger partial charge in [-0.25, -0.2) is 8.78 Å². The van der Waals surface area contributed by atoms with Crippen molar-refractivity contribution >= 4 is 5.78 Å². The molecule has 17 heavy (non-hydrogen) atoms. The standard InChI is InChI=1S/C12H14F2O3/c1-9(15)10-4-2-3-5-11(10)17-7-6-16-8-12(13)14/h2-5,12H,6-8H2,1H3. The van der Waals surface area contributed by atoms with Crippen LogP contribution in [0.1, 0.15) is 17.3 Å². The highest BCUT2D eigenvalue weighted by Gasteiger charge is 2.07. The maximum atomic E-state index is 11.7. The van der Waals surface area contributed by atoms with Crippen molar-refractivity contribution in [1.82, 2.24) is 0 Å². The molecule has 0 radical (unpaired) electrons. The Morgan fingerprint density at radius 2 is 2.00 bits per heavy atom. The summed E-state index contributed by atoms with van der Waals surface area (Å²) < 4.78 is 33.4. The first-order valence-electron chi connectivity index (χ1n) is 5.20. The van der Waals surface area contributed by atoms with Gasteiger partial charge in [-0.2, -0.15) is 0 Å². The van der Waals surface area contributed by atoms with Gasteiger partial charge in [0.25, 0.3) is 6.43 Å². The number of carbonyl (C=O) groups excluding carboxylic acids is 1. The number of carbonyl (C=O) groups is 1. The van der Waals surface area contributed by atoms with Gasteiger partial charge in [-0.15, -0.1) is 0 Å². The molecule has 0 atom stereocenters. The third-order valence-corrected chi connectivity index (χ3v) is 2.00. The fraction of sp³-hybridized carbons (Fsp3) is 0.417. The van der Waals surface area contributed by atoms with E-state index in [1.54, 1.807) is 24.3 Å². The largest absolute Gasteiger partial charge is 0.490 e. The summed E-state index contributed by atoms with van der Waals surface area (Å²) in [5.41, 5.74) is 0.473. The van der Waals surface area contributed by atoms with Gasteiger partial charge >= 0.3 is 0 Å². The number of ether oxygens (including phenoxy) is 2. The maximum Gasteiger partial charge on any atom is 0.261 e. The third-order valence-electron chi connectivity index (χ3n) is 2.00. The van der Waals surface area contributed by atoms with E-state index in [1.807, 2.05) is 0 Å². The van der Waals surface area contributed by atoms with Gasteiger partial charge in [0.15, 0.2) is 5.78 Å². The second kappa shape index (κ2) is 6.96. The van der Waals surface area contributed by atoms with Crippen molar-refractivity contribution in [3.8, 4) is 5.75 Å². The Kier molecular flexibility index (Phi) is 5.56. The van der Waals surface area contributed by atoms with E-state index in [0.717, 1.165) is 0 Å². The molecule has 1 aromatic rings. The highest BCUT2D eigenvalue weighted by Crippen LogP contribution is 2.18. The lowest BCUT2D eigenvalue weighted by atomic mass is 10.1. The van der Waals surface area contributed by atoms with Gasteiger partial charge in [-0.1, -0.05) is 12.1 Å². The average molecular weight is 244 g/mol. The normalized spacial score (nSPS) is 10.6. The SMILES string of the molecule is CC(=O)c1ccccc1OCCOCC(F)F. The predicted molar refractivity (Wildman–Crippen MR) is 58.8 cm³/mol. The smallest absolute Gasteiger partial charge is 0.261 e. The highest BCUT2D eigenvalue weighted by molar-refractivity contribution is 5.96. The zero-order valence-electron chi connectivity index (χ0n) is 9.49. The minimum Gasteiger partial charge on any atom is -0.490 e. The Morgan fingerprint density at radius 1 is 1.29 bits per heavy atom. The second-order valence-corrected chi connectivity index (χ2v) is 3.37. The molecule has 0 heterocycles. The van der Waals surface area contributed by atoms with Crippen LogP contribution >= 0.6 is 0 Å². The topological polar surface area (TPSA) is 35.5 Å². The van der Waals surface area contributed by atoms with E-state index in [0.29, 0.717) is 11.3 Å². The first-order valence-corrected chi connectivity index (χ1v) is 5.20. The zero-order chi connectivity index (χ0) is 12.7. The molecular formula is C12H14F2O3. The Hall–Kier alpha value is -1.49. The number of hydrogen-bond donors (Lipinski definition) is 0. The van der Waals surface area contributed by atoms with Gasteiger partial charge in [-0.05, 0) is 19.1 Å². The number of para-hydroxylation sites is 1. The van der Waals surface area contributed by atoms with Crippen LogP contribution in [-0.4, -0.2) is 32.0 Å². The lowest BCUT2D eigenvalue weighted by Gasteiger charge is -2.09. The molecule has 0 aromatic heterocycles. The van der Waals surface area contributed by atoms with Crippen LogP contribution in [0.4, 0.5) is 8.78 Å². The summed E-state index contributed by atoms with van der Waals surface area (Å²) in [6, 6.07) is 6.78. The molecule has 1 rings (SSSR count). The van der Waals surface area contributed by atoms with Crippen LogP contribution in [0.3, 0.4) is 0 Å². The molecule has 0 saturated heterocycles. The van der Waals surface area contributed by atoms with Crippen LogP contribution in [-0.2, 0) is 4.74 Å². The molecule has 0 unspecified atom stereocenters. The third kappa shape index (κ3) is 4.91. The number of Topliss-reactive ketones (excluding diaryl/α,β-unsaturated/α-hetero) is 1. The Balaban J connectivity index is 2.39. The minimum atomic E-state index is -2.47. The van der Waals surface area contributed by atoms with Crippen LogP contribution in [0.2, 0.25) is 0 Å². The van der Waals surface area contributed by atoms with Crippen molar-refractivity contribution in [3.05, 3.63) is 29.8 Å². The molecule has 0 fully saturated rings. The summed E-state index contributed by atoms with van der Waals surface area (Å²) in [5.74, 6) is 0.342. The molecule has 0 aliphatic heterocycles. The molecule has 3 nitrogen and oxygen atoms in total. The molecule has 0 N–H and O–H groups in total. The van der Waals surface area contributed by atoms with E-state index in [9.17, 15) is 13.6 Å². The molecule has 1 aromatic carbocycles. The van der Waals surface area contributed by atoms with Crippen LogP contribution in [0.25, 0.3) is 0 Å². The van der Waals surface area contributed by atoms with E-state index < -0.39 is 13.0 Å². The summed E-state index contributed by atoms with van der Waals surface area (Å²) in [5, 5.41) is 0. The number of hydrogen-bond acceptors (Lipinski definition) is 3. The summed E-state index contributed by atoms with van der Waals surface area (Å²) in [7, 11) is 0. The lowest BCUT2D eigenvalue weighted by Crippen LogP contribution is -2.12. The summed E-state index contributed by atoms with van der Waals surface area (Å²) in [6.45, 7) is 1.04. The molecule has 0 aliphatic carbocycles. The maximum absolute atomic E-state index is 11.7. The van der Waals surface area contributed by atoms with Crippen molar-refractivity contribution in [2.45, 2.75) is 13.3 Å². The van der Waals surface area contributed by atoms with Crippen molar-refractivity contribution < 1.29 is 23.0 Å². The van der Waals surface area contributed by atoms with Gasteiger partial charge in [0.1, 0.15) is 19.0 Å². The molecule has 94 valence electrons. The molecule has 0 aliphatic rings. The Labute approximate surface area is 98.3 Å². The quantitative estimate of drug-likeness (QED) is 0.546. The first-order chi connectivity index (χ1) is 8.11. The lowest BCUT2D eigenvalue weighted by molar-refractivity contribution is 0.00758. The monoisotopic (exact) mass is 244 g/mol. The first kappa shape index (κ1) is 13.6. The fourth-order valence-corrected chi connectivity index (χ4v) is 1.27. The average Bonchev–Trinajstić information content (AvgIpc) is 2.28. The number of ketones is 1.